The van der Waals surface area contributed by atoms with E-state index in [0.29, 0.717) is 0 Å². The Kier molecular flexibility index (Phi) is 3.47. The zero-order chi connectivity index (χ0) is 10.8. The highest BCUT2D eigenvalue weighted by molar-refractivity contribution is 7.27. The minimum Gasteiger partial charge on any atom is -0.140 e. The molecular weight excluding hydrogens is 220 g/mol. The molecular formula is C13H18S2. The van der Waals surface area contributed by atoms with Crippen molar-refractivity contribution in [2.75, 3.05) is 0 Å². The van der Waals surface area contributed by atoms with Crippen LogP contribution in [0.25, 0.3) is 9.40 Å². The normalized spacial score (nSPS) is 11.7. The Balaban J connectivity index is 2.00. The average Bonchev–Trinajstić information content (AvgIpc) is 2.60. The zero-order valence-corrected chi connectivity index (χ0v) is 11.3. The van der Waals surface area contributed by atoms with Crippen LogP contribution in [0.4, 0.5) is 0 Å². The maximum atomic E-state index is 2.39. The lowest BCUT2D eigenvalue weighted by Crippen LogP contribution is -1.88. The molecule has 2 heteroatoms. The van der Waals surface area contributed by atoms with Gasteiger partial charge < -0.3 is 0 Å². The van der Waals surface area contributed by atoms with E-state index >= 15 is 0 Å². The molecule has 0 amide bonds. The van der Waals surface area contributed by atoms with Gasteiger partial charge in [0.25, 0.3) is 0 Å². The zero-order valence-electron chi connectivity index (χ0n) is 9.67. The summed E-state index contributed by atoms with van der Waals surface area (Å²) >= 11 is 3.90. The molecule has 0 radical (unpaired) electrons. The van der Waals surface area contributed by atoms with Crippen molar-refractivity contribution in [2.45, 2.75) is 40.0 Å². The molecule has 0 bridgehead atoms. The lowest BCUT2D eigenvalue weighted by atomic mass is 10.1. The molecule has 0 aromatic carbocycles. The summed E-state index contributed by atoms with van der Waals surface area (Å²) in [5.41, 5.74) is 0. The van der Waals surface area contributed by atoms with Crippen molar-refractivity contribution < 1.29 is 0 Å². The fourth-order valence-electron chi connectivity index (χ4n) is 1.81. The first-order valence-electron chi connectivity index (χ1n) is 5.64. The topological polar surface area (TPSA) is 0 Å². The van der Waals surface area contributed by atoms with Crippen molar-refractivity contribution in [3.63, 3.8) is 0 Å². The Morgan fingerprint density at radius 3 is 2.53 bits per heavy atom. The van der Waals surface area contributed by atoms with E-state index in [4.69, 9.17) is 0 Å². The Bertz CT molecular complexity index is 403. The smallest absolute Gasteiger partial charge is 0.0456 e. The first kappa shape index (κ1) is 11.2. The molecule has 82 valence electrons. The van der Waals surface area contributed by atoms with Crippen LogP contribution in [0.15, 0.2) is 12.1 Å². The van der Waals surface area contributed by atoms with E-state index in [2.05, 4.69) is 32.9 Å². The van der Waals surface area contributed by atoms with Gasteiger partial charge in [0.1, 0.15) is 0 Å². The molecule has 0 spiro atoms. The summed E-state index contributed by atoms with van der Waals surface area (Å²) in [6.45, 7) is 6.79. The highest BCUT2D eigenvalue weighted by Gasteiger charge is 2.05. The largest absolute Gasteiger partial charge is 0.140 e. The number of fused-ring (bicyclic) bond motifs is 1. The molecule has 0 saturated heterocycles. The highest BCUT2D eigenvalue weighted by Crippen LogP contribution is 2.33. The SMILES string of the molecule is Cc1cc2sc(CCCC(C)C)cc2s1. The molecule has 0 fully saturated rings. The molecule has 0 unspecified atom stereocenters. The molecule has 2 rings (SSSR count). The summed E-state index contributed by atoms with van der Waals surface area (Å²) in [7, 11) is 0. The molecule has 2 heterocycles. The van der Waals surface area contributed by atoms with Gasteiger partial charge in [-0.3, -0.25) is 0 Å². The molecule has 0 saturated carbocycles. The second kappa shape index (κ2) is 4.67. The molecule has 0 nitrogen and oxygen atoms in total. The van der Waals surface area contributed by atoms with Gasteiger partial charge in [0.2, 0.25) is 0 Å². The highest BCUT2D eigenvalue weighted by atomic mass is 32.1. The van der Waals surface area contributed by atoms with E-state index in [0.717, 1.165) is 5.92 Å². The maximum Gasteiger partial charge on any atom is 0.0456 e. The van der Waals surface area contributed by atoms with Gasteiger partial charge >= 0.3 is 0 Å². The van der Waals surface area contributed by atoms with Crippen LogP contribution in [0, 0.1) is 12.8 Å². The van der Waals surface area contributed by atoms with Gasteiger partial charge in [-0.15, -0.1) is 22.7 Å². The number of rotatable bonds is 4. The van der Waals surface area contributed by atoms with Crippen LogP contribution >= 0.6 is 22.7 Å². The maximum absolute atomic E-state index is 2.39. The fraction of sp³-hybridized carbons (Fsp3) is 0.538. The Hall–Kier alpha value is -0.340. The second-order valence-electron chi connectivity index (χ2n) is 4.58. The van der Waals surface area contributed by atoms with Crippen molar-refractivity contribution in [1.82, 2.24) is 0 Å². The Morgan fingerprint density at radius 2 is 1.87 bits per heavy atom. The molecule has 0 aliphatic rings. The predicted molar refractivity (Wildman–Crippen MR) is 72.2 cm³/mol. The summed E-state index contributed by atoms with van der Waals surface area (Å²) in [6, 6.07) is 4.70. The summed E-state index contributed by atoms with van der Waals surface area (Å²) in [5, 5.41) is 0. The lowest BCUT2D eigenvalue weighted by Gasteiger charge is -2.01. The van der Waals surface area contributed by atoms with Crippen molar-refractivity contribution in [2.24, 2.45) is 5.92 Å². The summed E-state index contributed by atoms with van der Waals surface area (Å²) in [5.74, 6) is 0.841. The van der Waals surface area contributed by atoms with Crippen LogP contribution in [0.5, 0.6) is 0 Å². The van der Waals surface area contributed by atoms with Crippen LogP contribution in [0.3, 0.4) is 0 Å². The molecule has 15 heavy (non-hydrogen) atoms. The van der Waals surface area contributed by atoms with Gasteiger partial charge in [-0.1, -0.05) is 20.3 Å². The van der Waals surface area contributed by atoms with E-state index in [-0.39, 0.29) is 0 Å². The number of aryl methyl sites for hydroxylation is 2. The van der Waals surface area contributed by atoms with E-state index in [9.17, 15) is 0 Å². The third kappa shape index (κ3) is 2.82. The number of hydrogen-bond donors (Lipinski definition) is 0. The Morgan fingerprint density at radius 1 is 1.13 bits per heavy atom. The van der Waals surface area contributed by atoms with Crippen molar-refractivity contribution >= 4 is 32.1 Å². The van der Waals surface area contributed by atoms with Gasteiger partial charge in [0, 0.05) is 19.2 Å². The first-order chi connectivity index (χ1) is 7.15. The van der Waals surface area contributed by atoms with E-state index in [1.807, 2.05) is 22.7 Å². The van der Waals surface area contributed by atoms with Gasteiger partial charge in [0.05, 0.1) is 0 Å². The molecule has 0 aliphatic heterocycles. The quantitative estimate of drug-likeness (QED) is 0.682. The minimum absolute atomic E-state index is 0.841. The van der Waals surface area contributed by atoms with E-state index < -0.39 is 0 Å². The summed E-state index contributed by atoms with van der Waals surface area (Å²) < 4.78 is 2.97. The monoisotopic (exact) mass is 238 g/mol. The molecule has 2 aromatic rings. The van der Waals surface area contributed by atoms with Crippen molar-refractivity contribution in [3.8, 4) is 0 Å². The predicted octanol–water partition coefficient (Wildman–Crippen LogP) is 5.25. The van der Waals surface area contributed by atoms with Crippen LogP contribution in [-0.2, 0) is 6.42 Å². The van der Waals surface area contributed by atoms with E-state index in [1.165, 1.54) is 33.5 Å². The Labute approximate surface area is 99.9 Å². The fourth-order valence-corrected chi connectivity index (χ4v) is 4.20. The van der Waals surface area contributed by atoms with Gasteiger partial charge in [0.15, 0.2) is 0 Å². The molecule has 0 N–H and O–H groups in total. The third-order valence-electron chi connectivity index (χ3n) is 2.59. The summed E-state index contributed by atoms with van der Waals surface area (Å²) in [4.78, 5) is 3.00. The molecule has 0 atom stereocenters. The third-order valence-corrected chi connectivity index (χ3v) is 4.85. The number of hydrogen-bond acceptors (Lipinski definition) is 2. The minimum atomic E-state index is 0.841. The van der Waals surface area contributed by atoms with E-state index in [1.54, 1.807) is 4.88 Å². The summed E-state index contributed by atoms with van der Waals surface area (Å²) in [6.07, 6.45) is 3.96. The van der Waals surface area contributed by atoms with Crippen LogP contribution in [0.2, 0.25) is 0 Å². The molecule has 0 aliphatic carbocycles. The number of thiophene rings is 2. The molecule has 2 aromatic heterocycles. The van der Waals surface area contributed by atoms with Crippen LogP contribution in [-0.4, -0.2) is 0 Å². The van der Waals surface area contributed by atoms with Crippen LogP contribution in [0.1, 0.15) is 36.4 Å². The van der Waals surface area contributed by atoms with Crippen molar-refractivity contribution in [3.05, 3.63) is 21.9 Å². The van der Waals surface area contributed by atoms with Crippen molar-refractivity contribution in [1.29, 1.82) is 0 Å². The first-order valence-corrected chi connectivity index (χ1v) is 7.27. The second-order valence-corrected chi connectivity index (χ2v) is 7.04. The van der Waals surface area contributed by atoms with Gasteiger partial charge in [-0.2, -0.15) is 0 Å². The standard InChI is InChI=1S/C13H18S2/c1-9(2)5-4-6-11-8-13-12(15-11)7-10(3)14-13/h7-9H,4-6H2,1-3H3. The van der Waals surface area contributed by atoms with Gasteiger partial charge in [-0.05, 0) is 37.8 Å². The average molecular weight is 238 g/mol. The van der Waals surface area contributed by atoms with Crippen LogP contribution < -0.4 is 0 Å². The lowest BCUT2D eigenvalue weighted by molar-refractivity contribution is 0.557. The van der Waals surface area contributed by atoms with Gasteiger partial charge in [-0.25, -0.2) is 0 Å².